The van der Waals surface area contributed by atoms with E-state index in [-0.39, 0.29) is 18.4 Å². The monoisotopic (exact) mass is 367 g/mol. The summed E-state index contributed by atoms with van der Waals surface area (Å²) < 4.78 is 1.63. The van der Waals surface area contributed by atoms with Crippen LogP contribution in [0.4, 0.5) is 16.3 Å². The van der Waals surface area contributed by atoms with Crippen molar-refractivity contribution in [2.75, 3.05) is 23.7 Å². The van der Waals surface area contributed by atoms with Crippen LogP contribution in [0.1, 0.15) is 31.3 Å². The molecule has 0 saturated carbocycles. The molecule has 2 aromatic heterocycles. The van der Waals surface area contributed by atoms with Crippen LogP contribution in [0.5, 0.6) is 0 Å². The molecular weight excluding hydrogens is 342 g/mol. The Bertz CT molecular complexity index is 674. The molecule has 0 fully saturated rings. The number of amides is 2. The third kappa shape index (κ3) is 7.38. The normalized spacial score (nSPS) is 10.0. The highest BCUT2D eigenvalue weighted by Crippen LogP contribution is 2.08. The van der Waals surface area contributed by atoms with E-state index in [0.29, 0.717) is 18.8 Å². The highest BCUT2D eigenvalue weighted by atomic mass is 35.5. The fourth-order valence-corrected chi connectivity index (χ4v) is 2.19. The van der Waals surface area contributed by atoms with Gasteiger partial charge in [0.05, 0.1) is 11.9 Å². The SMILES string of the molecule is CCCCc1nc(C)cc(NCCNC(=O)Nc2cnn(C)c2)n1.Cl. The Labute approximate surface area is 154 Å². The molecule has 8 nitrogen and oxygen atoms in total. The Hall–Kier alpha value is -2.35. The maximum absolute atomic E-state index is 11.7. The maximum Gasteiger partial charge on any atom is 0.319 e. The molecular formula is C16H26ClN7O. The zero-order chi connectivity index (χ0) is 17.4. The van der Waals surface area contributed by atoms with Crippen molar-refractivity contribution in [3.63, 3.8) is 0 Å². The number of rotatable bonds is 8. The van der Waals surface area contributed by atoms with Crippen molar-refractivity contribution in [2.24, 2.45) is 7.05 Å². The van der Waals surface area contributed by atoms with Gasteiger partial charge >= 0.3 is 6.03 Å². The van der Waals surface area contributed by atoms with Gasteiger partial charge in [0, 0.05) is 44.5 Å². The topological polar surface area (TPSA) is 96.8 Å². The van der Waals surface area contributed by atoms with Crippen LogP contribution in [0.25, 0.3) is 0 Å². The first-order valence-electron chi connectivity index (χ1n) is 8.18. The first-order chi connectivity index (χ1) is 11.6. The van der Waals surface area contributed by atoms with Crippen molar-refractivity contribution in [3.8, 4) is 0 Å². The standard InChI is InChI=1S/C16H25N7O.ClH/c1-4-5-6-14-20-12(2)9-15(22-14)17-7-8-18-16(24)21-13-10-19-23(3)11-13;/h9-11H,4-8H2,1-3H3,(H,17,20,22)(H2,18,21,24);1H. The zero-order valence-electron chi connectivity index (χ0n) is 14.9. The highest BCUT2D eigenvalue weighted by Gasteiger charge is 2.04. The number of aryl methyl sites for hydroxylation is 3. The van der Waals surface area contributed by atoms with E-state index in [1.807, 2.05) is 13.0 Å². The van der Waals surface area contributed by atoms with Crippen LogP contribution in [-0.2, 0) is 13.5 Å². The fourth-order valence-electron chi connectivity index (χ4n) is 2.19. The van der Waals surface area contributed by atoms with Crippen molar-refractivity contribution in [2.45, 2.75) is 33.1 Å². The summed E-state index contributed by atoms with van der Waals surface area (Å²) in [5.41, 5.74) is 1.61. The summed E-state index contributed by atoms with van der Waals surface area (Å²) >= 11 is 0. The molecule has 2 heterocycles. The molecule has 0 unspecified atom stereocenters. The molecule has 25 heavy (non-hydrogen) atoms. The van der Waals surface area contributed by atoms with E-state index in [2.05, 4.69) is 37.9 Å². The molecule has 0 bridgehead atoms. The Morgan fingerprint density at radius 3 is 2.76 bits per heavy atom. The second-order valence-electron chi connectivity index (χ2n) is 5.62. The van der Waals surface area contributed by atoms with E-state index in [0.717, 1.165) is 36.6 Å². The van der Waals surface area contributed by atoms with Crippen LogP contribution in [0.15, 0.2) is 18.5 Å². The Balaban J connectivity index is 0.00000312. The zero-order valence-corrected chi connectivity index (χ0v) is 15.7. The van der Waals surface area contributed by atoms with E-state index in [4.69, 9.17) is 0 Å². The third-order valence-electron chi connectivity index (χ3n) is 3.33. The average molecular weight is 368 g/mol. The van der Waals surface area contributed by atoms with Gasteiger partial charge in [0.25, 0.3) is 0 Å². The summed E-state index contributed by atoms with van der Waals surface area (Å²) in [6, 6.07) is 1.65. The van der Waals surface area contributed by atoms with E-state index in [9.17, 15) is 4.79 Å². The van der Waals surface area contributed by atoms with Gasteiger partial charge in [0.15, 0.2) is 0 Å². The first kappa shape index (κ1) is 20.7. The molecule has 3 N–H and O–H groups in total. The molecule has 0 radical (unpaired) electrons. The molecule has 138 valence electrons. The van der Waals surface area contributed by atoms with Crippen LogP contribution in [0.2, 0.25) is 0 Å². The number of carbonyl (C=O) groups is 1. The highest BCUT2D eigenvalue weighted by molar-refractivity contribution is 5.88. The smallest absolute Gasteiger partial charge is 0.319 e. The summed E-state index contributed by atoms with van der Waals surface area (Å²) in [6.45, 7) is 5.18. The largest absolute Gasteiger partial charge is 0.368 e. The Morgan fingerprint density at radius 1 is 1.28 bits per heavy atom. The number of hydrogen-bond donors (Lipinski definition) is 3. The van der Waals surface area contributed by atoms with E-state index in [1.165, 1.54) is 0 Å². The van der Waals surface area contributed by atoms with Crippen LogP contribution in [0, 0.1) is 6.92 Å². The van der Waals surface area contributed by atoms with Gasteiger partial charge in [0.1, 0.15) is 11.6 Å². The molecule has 0 aliphatic carbocycles. The van der Waals surface area contributed by atoms with Gasteiger partial charge in [-0.1, -0.05) is 13.3 Å². The van der Waals surface area contributed by atoms with Crippen LogP contribution < -0.4 is 16.0 Å². The minimum atomic E-state index is -0.257. The third-order valence-corrected chi connectivity index (χ3v) is 3.33. The lowest BCUT2D eigenvalue weighted by molar-refractivity contribution is 0.252. The van der Waals surface area contributed by atoms with Gasteiger partial charge in [-0.3, -0.25) is 4.68 Å². The van der Waals surface area contributed by atoms with Crippen LogP contribution in [-0.4, -0.2) is 38.9 Å². The second kappa shape index (κ2) is 10.5. The molecule has 9 heteroatoms. The minimum absolute atomic E-state index is 0. The summed E-state index contributed by atoms with van der Waals surface area (Å²) in [4.78, 5) is 20.7. The van der Waals surface area contributed by atoms with Crippen LogP contribution in [0.3, 0.4) is 0 Å². The number of hydrogen-bond acceptors (Lipinski definition) is 5. The lowest BCUT2D eigenvalue weighted by atomic mass is 10.2. The number of nitrogens with one attached hydrogen (secondary N) is 3. The average Bonchev–Trinajstić information content (AvgIpc) is 2.94. The predicted octanol–water partition coefficient (Wildman–Crippen LogP) is 2.52. The maximum atomic E-state index is 11.7. The van der Waals surface area contributed by atoms with Gasteiger partial charge in [-0.25, -0.2) is 14.8 Å². The lowest BCUT2D eigenvalue weighted by Gasteiger charge is -2.09. The van der Waals surface area contributed by atoms with Crippen molar-refractivity contribution in [3.05, 3.63) is 30.0 Å². The van der Waals surface area contributed by atoms with Gasteiger partial charge in [0.2, 0.25) is 0 Å². The number of unbranched alkanes of at least 4 members (excludes halogenated alkanes) is 1. The van der Waals surface area contributed by atoms with Gasteiger partial charge in [-0.05, 0) is 13.3 Å². The quantitative estimate of drug-likeness (QED) is 0.623. The Morgan fingerprint density at radius 2 is 2.08 bits per heavy atom. The molecule has 0 aliphatic rings. The molecule has 0 aliphatic heterocycles. The minimum Gasteiger partial charge on any atom is -0.368 e. The number of carbonyl (C=O) groups excluding carboxylic acids is 1. The van der Waals surface area contributed by atoms with E-state index in [1.54, 1.807) is 24.1 Å². The summed E-state index contributed by atoms with van der Waals surface area (Å²) in [5.74, 6) is 1.66. The second-order valence-corrected chi connectivity index (χ2v) is 5.62. The summed E-state index contributed by atoms with van der Waals surface area (Å²) in [6.07, 6.45) is 6.42. The van der Waals surface area contributed by atoms with E-state index < -0.39 is 0 Å². The van der Waals surface area contributed by atoms with Crippen molar-refractivity contribution >= 4 is 29.9 Å². The molecule has 0 saturated heterocycles. The van der Waals surface area contributed by atoms with Crippen molar-refractivity contribution in [1.29, 1.82) is 0 Å². The summed E-state index contributed by atoms with van der Waals surface area (Å²) in [7, 11) is 1.80. The molecule has 2 aromatic rings. The first-order valence-corrected chi connectivity index (χ1v) is 8.18. The van der Waals surface area contributed by atoms with Crippen molar-refractivity contribution in [1.82, 2.24) is 25.1 Å². The summed E-state index contributed by atoms with van der Waals surface area (Å²) in [5, 5.41) is 12.7. The molecule has 2 amide bonds. The van der Waals surface area contributed by atoms with Crippen molar-refractivity contribution < 1.29 is 4.79 Å². The molecule has 0 spiro atoms. The number of nitrogens with zero attached hydrogens (tertiary/aromatic N) is 4. The number of anilines is 2. The van der Waals surface area contributed by atoms with Gasteiger partial charge < -0.3 is 16.0 Å². The molecule has 0 atom stereocenters. The van der Waals surface area contributed by atoms with Crippen LogP contribution >= 0.6 is 12.4 Å². The fraction of sp³-hybridized carbons (Fsp3) is 0.500. The van der Waals surface area contributed by atoms with Gasteiger partial charge in [-0.2, -0.15) is 5.10 Å². The number of urea groups is 1. The number of aromatic nitrogens is 4. The lowest BCUT2D eigenvalue weighted by Crippen LogP contribution is -2.32. The van der Waals surface area contributed by atoms with E-state index >= 15 is 0 Å². The molecule has 0 aromatic carbocycles. The van der Waals surface area contributed by atoms with Gasteiger partial charge in [-0.15, -0.1) is 12.4 Å². The Kier molecular flexibility index (Phi) is 8.69. The molecule has 2 rings (SSSR count). The number of halogens is 1. The predicted molar refractivity (Wildman–Crippen MR) is 101 cm³/mol.